The highest BCUT2D eigenvalue weighted by molar-refractivity contribution is 6.13. The Morgan fingerprint density at radius 1 is 0.833 bits per heavy atom. The Balaban J connectivity index is 1.79. The van der Waals surface area contributed by atoms with Crippen molar-refractivity contribution in [2.45, 2.75) is 6.42 Å². The van der Waals surface area contributed by atoms with Gasteiger partial charge in [0.2, 0.25) is 0 Å². The van der Waals surface area contributed by atoms with Crippen LogP contribution in [-0.4, -0.2) is 41.8 Å². The number of methoxy groups -OCH3 is 2. The van der Waals surface area contributed by atoms with E-state index in [9.17, 15) is 19.8 Å². The number of ether oxygens (including phenoxy) is 2. The van der Waals surface area contributed by atoms with Crippen molar-refractivity contribution in [3.63, 3.8) is 0 Å². The number of carbonyl (C=O) groups is 2. The molecule has 0 aromatic heterocycles. The van der Waals surface area contributed by atoms with E-state index in [1.165, 1.54) is 32.4 Å². The Morgan fingerprint density at radius 2 is 1.39 bits per heavy atom. The van der Waals surface area contributed by atoms with Crippen LogP contribution in [0.25, 0.3) is 12.2 Å². The topological polar surface area (TPSA) is 117 Å². The van der Waals surface area contributed by atoms with E-state index in [4.69, 9.17) is 9.47 Å². The second-order valence-corrected chi connectivity index (χ2v) is 7.58. The number of hydrogen-bond donors (Lipinski definition) is 3. The predicted octanol–water partition coefficient (Wildman–Crippen LogP) is 4.59. The lowest BCUT2D eigenvalue weighted by Gasteiger charge is -2.05. The van der Waals surface area contributed by atoms with Crippen LogP contribution in [0.4, 0.5) is 0 Å². The van der Waals surface area contributed by atoms with E-state index in [2.05, 4.69) is 10.5 Å². The lowest BCUT2D eigenvalue weighted by Crippen LogP contribution is -2.20. The Morgan fingerprint density at radius 3 is 1.94 bits per heavy atom. The maximum atomic E-state index is 12.7. The number of hydrazone groups is 1. The second kappa shape index (κ2) is 12.6. The first-order chi connectivity index (χ1) is 17.4. The number of amides is 1. The fourth-order valence-corrected chi connectivity index (χ4v) is 3.13. The van der Waals surface area contributed by atoms with Gasteiger partial charge in [0.25, 0.3) is 5.91 Å². The van der Waals surface area contributed by atoms with Crippen LogP contribution in [0.5, 0.6) is 23.0 Å². The van der Waals surface area contributed by atoms with E-state index in [-0.39, 0.29) is 23.7 Å². The molecule has 3 rings (SSSR count). The molecule has 8 heteroatoms. The number of nitrogens with one attached hydrogen (secondary N) is 1. The molecule has 184 valence electrons. The third-order valence-corrected chi connectivity index (χ3v) is 5.03. The molecule has 3 N–H and O–H groups in total. The minimum atomic E-state index is -0.410. The summed E-state index contributed by atoms with van der Waals surface area (Å²) in [5, 5.41) is 23.7. The Hall–Kier alpha value is -4.85. The van der Waals surface area contributed by atoms with Crippen molar-refractivity contribution in [3.8, 4) is 23.0 Å². The van der Waals surface area contributed by atoms with Gasteiger partial charge in [-0.15, -0.1) is 0 Å². The molecule has 3 aromatic carbocycles. The third-order valence-electron chi connectivity index (χ3n) is 5.03. The van der Waals surface area contributed by atoms with Gasteiger partial charge in [-0.05, 0) is 59.7 Å². The average Bonchev–Trinajstić information content (AvgIpc) is 2.90. The van der Waals surface area contributed by atoms with Crippen LogP contribution in [0.1, 0.15) is 27.9 Å². The standard InChI is InChI=1S/C28H26N2O6/c1-35-26-16-19(10-14-24(26)32)8-12-22(29-30-28(34)21-6-4-3-5-7-21)18-23(31)13-9-20-11-15-25(33)27(17-20)36-2/h3-17,32-33H,18H2,1-2H3,(H,30,34)/b12-8+,13-9+,29-22-. The lowest BCUT2D eigenvalue weighted by molar-refractivity contribution is -0.113. The van der Waals surface area contributed by atoms with Crippen molar-refractivity contribution in [2.24, 2.45) is 5.10 Å². The van der Waals surface area contributed by atoms with Crippen molar-refractivity contribution in [1.29, 1.82) is 0 Å². The largest absolute Gasteiger partial charge is 0.504 e. The molecule has 0 heterocycles. The van der Waals surface area contributed by atoms with Crippen LogP contribution in [0.2, 0.25) is 0 Å². The van der Waals surface area contributed by atoms with Crippen LogP contribution in [-0.2, 0) is 4.79 Å². The van der Waals surface area contributed by atoms with E-state index in [1.54, 1.807) is 72.8 Å². The van der Waals surface area contributed by atoms with Crippen molar-refractivity contribution < 1.29 is 29.3 Å². The first-order valence-electron chi connectivity index (χ1n) is 10.9. The van der Waals surface area contributed by atoms with Crippen LogP contribution >= 0.6 is 0 Å². The fraction of sp³-hybridized carbons (Fsp3) is 0.107. The zero-order chi connectivity index (χ0) is 25.9. The normalized spacial score (nSPS) is 11.6. The Kier molecular flexibility index (Phi) is 9.00. The highest BCUT2D eigenvalue weighted by Crippen LogP contribution is 2.27. The van der Waals surface area contributed by atoms with Crippen LogP contribution < -0.4 is 14.9 Å². The fourth-order valence-electron chi connectivity index (χ4n) is 3.13. The molecule has 0 saturated carbocycles. The van der Waals surface area contributed by atoms with Crippen molar-refractivity contribution >= 4 is 29.6 Å². The molecule has 0 radical (unpaired) electrons. The maximum absolute atomic E-state index is 12.7. The molecule has 0 saturated heterocycles. The number of phenols is 2. The molecular formula is C28H26N2O6. The van der Waals surface area contributed by atoms with E-state index < -0.39 is 5.91 Å². The van der Waals surface area contributed by atoms with E-state index in [0.29, 0.717) is 33.9 Å². The summed E-state index contributed by atoms with van der Waals surface area (Å²) in [5.74, 6) is -0.0702. The van der Waals surface area contributed by atoms with Gasteiger partial charge in [-0.2, -0.15) is 5.10 Å². The number of nitrogens with zero attached hydrogens (tertiary/aromatic N) is 1. The van der Waals surface area contributed by atoms with Gasteiger partial charge in [-0.3, -0.25) is 9.59 Å². The number of carbonyl (C=O) groups excluding carboxylic acids is 2. The molecule has 3 aromatic rings. The predicted molar refractivity (Wildman–Crippen MR) is 138 cm³/mol. The SMILES string of the molecule is COc1cc(/C=C/C(=O)CC(/C=C/c2ccc(O)c(OC)c2)=N\NC(=O)c2ccccc2)ccc1O. The third kappa shape index (κ3) is 7.33. The average molecular weight is 487 g/mol. The summed E-state index contributed by atoms with van der Waals surface area (Å²) < 4.78 is 10.2. The molecule has 0 bridgehead atoms. The molecule has 0 aliphatic carbocycles. The summed E-state index contributed by atoms with van der Waals surface area (Å²) in [5.41, 5.74) is 4.59. The second-order valence-electron chi connectivity index (χ2n) is 7.58. The van der Waals surface area contributed by atoms with Gasteiger partial charge in [0.1, 0.15) is 0 Å². The summed E-state index contributed by atoms with van der Waals surface area (Å²) in [4.78, 5) is 25.1. The Labute approximate surface area is 208 Å². The molecule has 8 nitrogen and oxygen atoms in total. The minimum absolute atomic E-state index is 0.000511. The van der Waals surface area contributed by atoms with Crippen molar-refractivity contribution in [1.82, 2.24) is 5.43 Å². The summed E-state index contributed by atoms with van der Waals surface area (Å²) in [7, 11) is 2.89. The lowest BCUT2D eigenvalue weighted by atomic mass is 10.1. The number of ketones is 1. The van der Waals surface area contributed by atoms with E-state index in [1.807, 2.05) is 0 Å². The van der Waals surface area contributed by atoms with Crippen LogP contribution in [0, 0.1) is 0 Å². The van der Waals surface area contributed by atoms with Gasteiger partial charge in [0.05, 0.1) is 26.4 Å². The van der Waals surface area contributed by atoms with Crippen LogP contribution in [0.15, 0.2) is 84.0 Å². The molecule has 0 atom stereocenters. The summed E-state index contributed by atoms with van der Waals surface area (Å²) in [6.07, 6.45) is 6.19. The molecule has 0 fully saturated rings. The van der Waals surface area contributed by atoms with Gasteiger partial charge in [0.15, 0.2) is 28.8 Å². The van der Waals surface area contributed by atoms with Gasteiger partial charge < -0.3 is 19.7 Å². The van der Waals surface area contributed by atoms with Gasteiger partial charge >= 0.3 is 0 Å². The monoisotopic (exact) mass is 486 g/mol. The zero-order valence-electron chi connectivity index (χ0n) is 19.8. The number of benzene rings is 3. The molecule has 0 unspecified atom stereocenters. The molecule has 36 heavy (non-hydrogen) atoms. The first-order valence-corrected chi connectivity index (χ1v) is 10.9. The number of allylic oxidation sites excluding steroid dienone is 2. The quantitative estimate of drug-likeness (QED) is 0.219. The zero-order valence-corrected chi connectivity index (χ0v) is 19.8. The smallest absolute Gasteiger partial charge is 0.271 e. The molecular weight excluding hydrogens is 460 g/mol. The highest BCUT2D eigenvalue weighted by atomic mass is 16.5. The molecule has 0 spiro atoms. The number of hydrogen-bond acceptors (Lipinski definition) is 7. The van der Waals surface area contributed by atoms with E-state index in [0.717, 1.165) is 0 Å². The Bertz CT molecular complexity index is 1310. The number of aromatic hydroxyl groups is 2. The summed E-state index contributed by atoms with van der Waals surface area (Å²) in [6, 6.07) is 18.1. The van der Waals surface area contributed by atoms with Gasteiger partial charge in [0, 0.05) is 5.56 Å². The van der Waals surface area contributed by atoms with E-state index >= 15 is 0 Å². The first kappa shape index (κ1) is 25.8. The number of rotatable bonds is 10. The molecule has 0 aliphatic heterocycles. The van der Waals surface area contributed by atoms with Gasteiger partial charge in [-0.1, -0.05) is 42.5 Å². The highest BCUT2D eigenvalue weighted by Gasteiger charge is 2.08. The molecule has 1 amide bonds. The summed E-state index contributed by atoms with van der Waals surface area (Å²) >= 11 is 0. The molecule has 0 aliphatic rings. The summed E-state index contributed by atoms with van der Waals surface area (Å²) in [6.45, 7) is 0. The van der Waals surface area contributed by atoms with Crippen molar-refractivity contribution in [3.05, 3.63) is 95.6 Å². The van der Waals surface area contributed by atoms with Crippen LogP contribution in [0.3, 0.4) is 0 Å². The number of phenolic OH excluding ortho intramolecular Hbond substituents is 2. The van der Waals surface area contributed by atoms with Crippen molar-refractivity contribution in [2.75, 3.05) is 14.2 Å². The minimum Gasteiger partial charge on any atom is -0.504 e. The van der Waals surface area contributed by atoms with Gasteiger partial charge in [-0.25, -0.2) is 5.43 Å². The maximum Gasteiger partial charge on any atom is 0.271 e.